The summed E-state index contributed by atoms with van der Waals surface area (Å²) in [5, 5.41) is 10.7. The lowest BCUT2D eigenvalue weighted by Crippen LogP contribution is -2.47. The van der Waals surface area contributed by atoms with E-state index in [1.54, 1.807) is 11.0 Å². The van der Waals surface area contributed by atoms with Crippen LogP contribution in [0.25, 0.3) is 10.9 Å². The summed E-state index contributed by atoms with van der Waals surface area (Å²) >= 11 is 0. The zero-order chi connectivity index (χ0) is 19.7. The first-order valence-corrected chi connectivity index (χ1v) is 9.34. The second-order valence-corrected chi connectivity index (χ2v) is 7.08. The van der Waals surface area contributed by atoms with Gasteiger partial charge >= 0.3 is 5.97 Å². The highest BCUT2D eigenvalue weighted by Crippen LogP contribution is 2.35. The number of nitrogens with zero attached hydrogens (tertiary/aromatic N) is 2. The molecule has 1 N–H and O–H groups in total. The third-order valence-electron chi connectivity index (χ3n) is 5.32. The number of hydrogen-bond donors (Lipinski definition) is 1. The molecular formula is C22H20F2N2O2. The summed E-state index contributed by atoms with van der Waals surface area (Å²) in [4.78, 5) is 18.3. The monoisotopic (exact) mass is 382 g/mol. The van der Waals surface area contributed by atoms with Crippen molar-refractivity contribution in [2.24, 2.45) is 0 Å². The zero-order valence-corrected chi connectivity index (χ0v) is 15.2. The number of hydrogen-bond acceptors (Lipinski definition) is 3. The predicted octanol–water partition coefficient (Wildman–Crippen LogP) is 4.54. The number of aliphatic carboxylic acids is 1. The molecule has 3 aromatic rings. The van der Waals surface area contributed by atoms with Crippen LogP contribution in [0.5, 0.6) is 0 Å². The molecule has 0 radical (unpaired) electrons. The molecule has 1 aliphatic heterocycles. The van der Waals surface area contributed by atoms with Crippen molar-refractivity contribution < 1.29 is 18.7 Å². The van der Waals surface area contributed by atoms with Gasteiger partial charge in [0.05, 0.1) is 17.3 Å². The van der Waals surface area contributed by atoms with Crippen LogP contribution in [0.15, 0.2) is 54.6 Å². The summed E-state index contributed by atoms with van der Waals surface area (Å²) in [6.07, 6.45) is 2.11. The van der Waals surface area contributed by atoms with E-state index in [1.165, 1.54) is 12.1 Å². The van der Waals surface area contributed by atoms with Gasteiger partial charge < -0.3 is 5.11 Å². The van der Waals surface area contributed by atoms with Crippen LogP contribution in [0, 0.1) is 11.6 Å². The van der Waals surface area contributed by atoms with Gasteiger partial charge in [0.2, 0.25) is 0 Å². The number of benzene rings is 2. The molecular weight excluding hydrogens is 362 g/mol. The van der Waals surface area contributed by atoms with E-state index in [9.17, 15) is 18.7 Å². The Morgan fingerprint density at radius 1 is 1.11 bits per heavy atom. The molecule has 0 saturated carbocycles. The van der Waals surface area contributed by atoms with Gasteiger partial charge in [-0.05, 0) is 37.6 Å². The SMILES string of the molecule is O=C(O)C1CCCCN1C(c1ccc2ccccc2n1)c1ccc(F)cc1F. The molecule has 0 aliphatic carbocycles. The highest BCUT2D eigenvalue weighted by Gasteiger charge is 2.37. The molecule has 2 heterocycles. The average Bonchev–Trinajstić information content (AvgIpc) is 2.70. The van der Waals surface area contributed by atoms with E-state index in [2.05, 4.69) is 4.98 Å². The van der Waals surface area contributed by atoms with Crippen LogP contribution in [0.2, 0.25) is 0 Å². The number of likely N-dealkylation sites (tertiary alicyclic amines) is 1. The van der Waals surface area contributed by atoms with E-state index in [1.807, 2.05) is 30.3 Å². The first kappa shape index (κ1) is 18.5. The Hall–Kier alpha value is -2.86. The second-order valence-electron chi connectivity index (χ2n) is 7.08. The zero-order valence-electron chi connectivity index (χ0n) is 15.2. The summed E-state index contributed by atoms with van der Waals surface area (Å²) in [7, 11) is 0. The number of para-hydroxylation sites is 1. The molecule has 0 spiro atoms. The van der Waals surface area contributed by atoms with Crippen LogP contribution >= 0.6 is 0 Å². The maximum Gasteiger partial charge on any atom is 0.320 e. The second kappa shape index (κ2) is 7.64. The molecule has 144 valence electrons. The van der Waals surface area contributed by atoms with E-state index < -0.39 is 29.7 Å². The third-order valence-corrected chi connectivity index (χ3v) is 5.32. The van der Waals surface area contributed by atoms with Crippen LogP contribution in [-0.2, 0) is 4.79 Å². The predicted molar refractivity (Wildman–Crippen MR) is 102 cm³/mol. The van der Waals surface area contributed by atoms with E-state index in [-0.39, 0.29) is 5.56 Å². The molecule has 2 unspecified atom stereocenters. The molecule has 6 heteroatoms. The molecule has 1 saturated heterocycles. The molecule has 1 fully saturated rings. The summed E-state index contributed by atoms with van der Waals surface area (Å²) in [5.41, 5.74) is 1.53. The number of rotatable bonds is 4. The molecule has 1 aliphatic rings. The Labute approximate surface area is 161 Å². The van der Waals surface area contributed by atoms with Crippen LogP contribution in [0.4, 0.5) is 8.78 Å². The molecule has 28 heavy (non-hydrogen) atoms. The average molecular weight is 382 g/mol. The fourth-order valence-corrected chi connectivity index (χ4v) is 3.99. The van der Waals surface area contributed by atoms with E-state index >= 15 is 0 Å². The van der Waals surface area contributed by atoms with Gasteiger partial charge in [-0.1, -0.05) is 36.8 Å². The first-order chi connectivity index (χ1) is 13.5. The largest absolute Gasteiger partial charge is 0.480 e. The molecule has 2 aromatic carbocycles. The summed E-state index contributed by atoms with van der Waals surface area (Å²) in [5.74, 6) is -2.30. The lowest BCUT2D eigenvalue weighted by Gasteiger charge is -2.39. The topological polar surface area (TPSA) is 53.4 Å². The van der Waals surface area contributed by atoms with Crippen molar-refractivity contribution in [3.05, 3.63) is 77.5 Å². The Morgan fingerprint density at radius 3 is 2.71 bits per heavy atom. The molecule has 0 amide bonds. The van der Waals surface area contributed by atoms with Crippen molar-refractivity contribution in [1.29, 1.82) is 0 Å². The van der Waals surface area contributed by atoms with Gasteiger partial charge in [0, 0.05) is 17.0 Å². The summed E-state index contributed by atoms with van der Waals surface area (Å²) in [6.45, 7) is 0.507. The molecule has 1 aromatic heterocycles. The highest BCUT2D eigenvalue weighted by atomic mass is 19.1. The van der Waals surface area contributed by atoms with Crippen molar-refractivity contribution >= 4 is 16.9 Å². The molecule has 4 nitrogen and oxygen atoms in total. The van der Waals surface area contributed by atoms with Gasteiger partial charge in [0.25, 0.3) is 0 Å². The number of carboxylic acids is 1. The minimum atomic E-state index is -0.937. The number of carbonyl (C=O) groups is 1. The van der Waals surface area contributed by atoms with Gasteiger partial charge in [0.15, 0.2) is 0 Å². The van der Waals surface area contributed by atoms with Gasteiger partial charge in [-0.25, -0.2) is 8.78 Å². The Morgan fingerprint density at radius 2 is 1.93 bits per heavy atom. The lowest BCUT2D eigenvalue weighted by atomic mass is 9.93. The Bertz CT molecular complexity index is 1020. The van der Waals surface area contributed by atoms with Gasteiger partial charge in [0.1, 0.15) is 17.7 Å². The number of fused-ring (bicyclic) bond motifs is 1. The molecule has 2 atom stereocenters. The van der Waals surface area contributed by atoms with Crippen LogP contribution in [0.3, 0.4) is 0 Å². The maximum absolute atomic E-state index is 14.7. The highest BCUT2D eigenvalue weighted by molar-refractivity contribution is 5.78. The van der Waals surface area contributed by atoms with E-state index in [0.29, 0.717) is 18.7 Å². The minimum absolute atomic E-state index is 0.234. The van der Waals surface area contributed by atoms with Crippen molar-refractivity contribution in [3.63, 3.8) is 0 Å². The van der Waals surface area contributed by atoms with Crippen LogP contribution in [-0.4, -0.2) is 33.5 Å². The Balaban J connectivity index is 1.88. The van der Waals surface area contributed by atoms with Crippen molar-refractivity contribution in [2.75, 3.05) is 6.54 Å². The normalized spacial score (nSPS) is 18.9. The van der Waals surface area contributed by atoms with Crippen LogP contribution in [0.1, 0.15) is 36.6 Å². The smallest absolute Gasteiger partial charge is 0.320 e. The first-order valence-electron chi connectivity index (χ1n) is 9.34. The van der Waals surface area contributed by atoms with Crippen molar-refractivity contribution in [2.45, 2.75) is 31.3 Å². The van der Waals surface area contributed by atoms with Crippen LogP contribution < -0.4 is 0 Å². The molecule has 4 rings (SSSR count). The van der Waals surface area contributed by atoms with Gasteiger partial charge in [-0.3, -0.25) is 14.7 Å². The number of aromatic nitrogens is 1. The number of carboxylic acid groups (broad SMARTS) is 1. The quantitative estimate of drug-likeness (QED) is 0.720. The van der Waals surface area contributed by atoms with Gasteiger partial charge in [-0.2, -0.15) is 0 Å². The Kier molecular flexibility index (Phi) is 5.05. The van der Waals surface area contributed by atoms with Crippen molar-refractivity contribution in [3.8, 4) is 0 Å². The van der Waals surface area contributed by atoms with Gasteiger partial charge in [-0.15, -0.1) is 0 Å². The number of piperidine rings is 1. The standard InChI is InChI=1S/C22H20F2N2O2/c23-15-9-10-16(17(24)13-15)21(26-12-4-3-7-20(26)22(27)28)19-11-8-14-5-1-2-6-18(14)25-19/h1-2,5-6,8-11,13,20-21H,3-4,7,12H2,(H,27,28). The summed E-state index contributed by atoms with van der Waals surface area (Å²) < 4.78 is 28.2. The third kappa shape index (κ3) is 3.47. The number of halogens is 2. The summed E-state index contributed by atoms with van der Waals surface area (Å²) in [6, 6.07) is 13.2. The van der Waals surface area contributed by atoms with Crippen molar-refractivity contribution in [1.82, 2.24) is 9.88 Å². The fourth-order valence-electron chi connectivity index (χ4n) is 3.99. The van der Waals surface area contributed by atoms with E-state index in [0.717, 1.165) is 29.8 Å². The maximum atomic E-state index is 14.7. The fraction of sp³-hybridized carbons (Fsp3) is 0.273. The van der Waals surface area contributed by atoms with E-state index in [4.69, 9.17) is 0 Å². The molecule has 0 bridgehead atoms. The lowest BCUT2D eigenvalue weighted by molar-refractivity contribution is -0.145. The minimum Gasteiger partial charge on any atom is -0.480 e. The number of pyridine rings is 1.